The summed E-state index contributed by atoms with van der Waals surface area (Å²) in [4.78, 5) is 10.5. The van der Waals surface area contributed by atoms with Crippen LogP contribution >= 0.6 is 0 Å². The van der Waals surface area contributed by atoms with E-state index in [2.05, 4.69) is 162 Å². The minimum Gasteiger partial charge on any atom is -0.317 e. The molecule has 2 aliphatic rings. The van der Waals surface area contributed by atoms with Crippen LogP contribution in [-0.4, -0.2) is 19.2 Å². The Kier molecular flexibility index (Phi) is 6.92. The van der Waals surface area contributed by atoms with E-state index in [9.17, 15) is 0 Å². The first kappa shape index (κ1) is 28.7. The molecule has 1 atom stereocenters. The van der Waals surface area contributed by atoms with Gasteiger partial charge < -0.3 is 9.80 Å². The third kappa shape index (κ3) is 3.94. The summed E-state index contributed by atoms with van der Waals surface area (Å²) in [6, 6.07) is 34.1. The van der Waals surface area contributed by atoms with Crippen LogP contribution in [0, 0.1) is 0 Å². The highest BCUT2D eigenvalue weighted by Gasteiger charge is 2.59. The summed E-state index contributed by atoms with van der Waals surface area (Å²) in [6.45, 7) is 19.6. The van der Waals surface area contributed by atoms with Crippen LogP contribution in [0.25, 0.3) is 0 Å². The van der Waals surface area contributed by atoms with Crippen LogP contribution in [0.3, 0.4) is 0 Å². The van der Waals surface area contributed by atoms with Gasteiger partial charge in [0.25, 0.3) is 0 Å². The fourth-order valence-electron chi connectivity index (χ4n) is 9.07. The number of benzene rings is 3. The topological polar surface area (TPSA) is 19.4 Å². The average Bonchev–Trinajstić information content (AvgIpc) is 3.31. The number of aromatic nitrogens is 1. The molecule has 0 bridgehead atoms. The van der Waals surface area contributed by atoms with Crippen LogP contribution in [0.15, 0.2) is 97.2 Å². The lowest BCUT2D eigenvalue weighted by Gasteiger charge is -2.53. The van der Waals surface area contributed by atoms with Gasteiger partial charge in [-0.1, -0.05) is 127 Å². The quantitative estimate of drug-likeness (QED) is 0.222. The van der Waals surface area contributed by atoms with Gasteiger partial charge in [0.1, 0.15) is 14.2 Å². The van der Waals surface area contributed by atoms with Crippen molar-refractivity contribution in [1.29, 1.82) is 0 Å². The number of nitrogens with zero attached hydrogens (tertiary/aromatic N) is 3. The molecule has 2 aliphatic heterocycles. The molecule has 0 N–H and O–H groups in total. The molecule has 3 heterocycles. The van der Waals surface area contributed by atoms with E-state index in [0.29, 0.717) is 0 Å². The summed E-state index contributed by atoms with van der Waals surface area (Å²) in [5.41, 5.74) is 5.47. The smallest absolute Gasteiger partial charge is 0.158 e. The molecular formula is C38H47N3Si. The number of anilines is 4. The van der Waals surface area contributed by atoms with Gasteiger partial charge in [0.2, 0.25) is 0 Å². The van der Waals surface area contributed by atoms with Crippen molar-refractivity contribution in [2.75, 3.05) is 9.80 Å². The highest BCUT2D eigenvalue weighted by atomic mass is 28.3. The lowest BCUT2D eigenvalue weighted by molar-refractivity contribution is 0.322. The maximum atomic E-state index is 5.26. The monoisotopic (exact) mass is 573 g/mol. The Balaban J connectivity index is 1.74. The van der Waals surface area contributed by atoms with E-state index in [1.54, 1.807) is 0 Å². The largest absolute Gasteiger partial charge is 0.317 e. The minimum absolute atomic E-state index is 0.0433. The Morgan fingerprint density at radius 3 is 1.90 bits per heavy atom. The van der Waals surface area contributed by atoms with Gasteiger partial charge in [0, 0.05) is 23.0 Å². The molecule has 0 radical (unpaired) electrons. The maximum absolute atomic E-state index is 5.26. The van der Waals surface area contributed by atoms with Crippen molar-refractivity contribution in [3.8, 4) is 0 Å². The lowest BCUT2D eigenvalue weighted by Crippen LogP contribution is -2.70. The van der Waals surface area contributed by atoms with Crippen LogP contribution in [0.5, 0.6) is 0 Å². The van der Waals surface area contributed by atoms with Crippen molar-refractivity contribution in [1.82, 2.24) is 4.98 Å². The third-order valence-electron chi connectivity index (χ3n) is 10.5. The van der Waals surface area contributed by atoms with Crippen molar-refractivity contribution < 1.29 is 0 Å². The van der Waals surface area contributed by atoms with Crippen LogP contribution in [0.2, 0.25) is 10.1 Å². The Bertz CT molecular complexity index is 1550. The molecule has 0 fully saturated rings. The lowest BCUT2D eigenvalue weighted by atomic mass is 9.69. The van der Waals surface area contributed by atoms with Crippen LogP contribution in [-0.2, 0) is 5.41 Å². The second kappa shape index (κ2) is 10.1. The SMILES string of the molecule is CCC1(CC)CC2N(c3ccccc31)c1nccc([Si](c3ccccc3)(C(C)(C)C)C(C)(C)C)c1N2c1ccccc1. The normalized spacial score (nSPS) is 18.0. The highest BCUT2D eigenvalue weighted by molar-refractivity contribution is 7.07. The van der Waals surface area contributed by atoms with Crippen molar-refractivity contribution >= 4 is 41.3 Å². The third-order valence-corrected chi connectivity index (χ3v) is 17.4. The zero-order chi connectivity index (χ0) is 29.9. The molecule has 6 rings (SSSR count). The number of pyridine rings is 1. The fourth-order valence-corrected chi connectivity index (χ4v) is 16.6. The molecule has 0 saturated heterocycles. The van der Waals surface area contributed by atoms with Gasteiger partial charge >= 0.3 is 0 Å². The second-order valence-electron chi connectivity index (χ2n) is 14.4. The second-order valence-corrected chi connectivity index (χ2v) is 20.0. The van der Waals surface area contributed by atoms with E-state index in [4.69, 9.17) is 4.98 Å². The fraction of sp³-hybridized carbons (Fsp3) is 0.395. The zero-order valence-corrected chi connectivity index (χ0v) is 27.8. The van der Waals surface area contributed by atoms with E-state index in [1.807, 2.05) is 0 Å². The molecular weight excluding hydrogens is 527 g/mol. The summed E-state index contributed by atoms with van der Waals surface area (Å²) in [6.07, 6.45) is 5.57. The predicted octanol–water partition coefficient (Wildman–Crippen LogP) is 9.32. The van der Waals surface area contributed by atoms with E-state index in [-0.39, 0.29) is 21.7 Å². The van der Waals surface area contributed by atoms with Gasteiger partial charge in [0.05, 0.1) is 5.69 Å². The molecule has 42 heavy (non-hydrogen) atoms. The maximum Gasteiger partial charge on any atom is 0.158 e. The number of para-hydroxylation sites is 2. The van der Waals surface area contributed by atoms with Gasteiger partial charge in [-0.2, -0.15) is 0 Å². The molecule has 0 aliphatic carbocycles. The summed E-state index contributed by atoms with van der Waals surface area (Å²) in [5.74, 6) is 1.11. The first-order chi connectivity index (χ1) is 20.0. The van der Waals surface area contributed by atoms with Crippen molar-refractivity contribution in [2.24, 2.45) is 0 Å². The number of hydrogen-bond donors (Lipinski definition) is 0. The zero-order valence-electron chi connectivity index (χ0n) is 26.8. The Morgan fingerprint density at radius 2 is 1.31 bits per heavy atom. The molecule has 0 saturated carbocycles. The molecule has 3 aromatic carbocycles. The number of hydrogen-bond acceptors (Lipinski definition) is 3. The standard InChI is InChI=1S/C38H47N3Si/c1-9-38(10-2)27-33-40(28-19-13-11-14-20-28)34-32(25-26-39-35(34)41(33)31-24-18-17-23-30(31)38)42(36(3,4)5,37(6,7)8)29-21-15-12-16-22-29/h11-26,33H,9-10,27H2,1-8H3. The van der Waals surface area contributed by atoms with E-state index in [0.717, 1.165) is 25.1 Å². The highest BCUT2D eigenvalue weighted by Crippen LogP contribution is 2.58. The van der Waals surface area contributed by atoms with E-state index < -0.39 is 8.07 Å². The molecule has 1 unspecified atom stereocenters. The van der Waals surface area contributed by atoms with Gasteiger partial charge in [-0.3, -0.25) is 0 Å². The Labute approximate surface area is 254 Å². The minimum atomic E-state index is -2.50. The van der Waals surface area contributed by atoms with Crippen molar-refractivity contribution in [3.63, 3.8) is 0 Å². The molecule has 218 valence electrons. The summed E-state index contributed by atoms with van der Waals surface area (Å²) >= 11 is 0. The van der Waals surface area contributed by atoms with E-state index in [1.165, 1.54) is 33.0 Å². The average molecular weight is 574 g/mol. The van der Waals surface area contributed by atoms with Gasteiger partial charge in [0.15, 0.2) is 5.82 Å². The van der Waals surface area contributed by atoms with Crippen LogP contribution in [0.1, 0.15) is 80.2 Å². The summed E-state index contributed by atoms with van der Waals surface area (Å²) in [5, 5.41) is 3.07. The molecule has 0 amide bonds. The number of rotatable bonds is 5. The Hall–Kier alpha value is -3.37. The van der Waals surface area contributed by atoms with Crippen molar-refractivity contribution in [3.05, 3.63) is 103 Å². The molecule has 3 nitrogen and oxygen atoms in total. The first-order valence-electron chi connectivity index (χ1n) is 15.8. The van der Waals surface area contributed by atoms with Gasteiger partial charge in [-0.25, -0.2) is 4.98 Å². The van der Waals surface area contributed by atoms with Gasteiger partial charge in [-0.05, 0) is 64.4 Å². The van der Waals surface area contributed by atoms with E-state index >= 15 is 0 Å². The molecule has 0 spiro atoms. The van der Waals surface area contributed by atoms with Crippen molar-refractivity contribution in [2.45, 2.75) is 96.3 Å². The predicted molar refractivity (Wildman–Crippen MR) is 183 cm³/mol. The van der Waals surface area contributed by atoms with Crippen LogP contribution in [0.4, 0.5) is 22.9 Å². The van der Waals surface area contributed by atoms with Gasteiger partial charge in [-0.15, -0.1) is 0 Å². The molecule has 4 heteroatoms. The Morgan fingerprint density at radius 1 is 0.738 bits per heavy atom. The van der Waals surface area contributed by atoms with Crippen LogP contribution < -0.4 is 20.2 Å². The number of fused-ring (bicyclic) bond motifs is 5. The molecule has 1 aromatic heterocycles. The molecule has 4 aromatic rings. The first-order valence-corrected chi connectivity index (χ1v) is 17.8. The summed E-state index contributed by atoms with van der Waals surface area (Å²) < 4.78 is 0. The summed E-state index contributed by atoms with van der Waals surface area (Å²) in [7, 11) is -2.50.